The minimum absolute atomic E-state index is 0.263. The van der Waals surface area contributed by atoms with Crippen LogP contribution in [0.25, 0.3) is 0 Å². The zero-order valence-corrected chi connectivity index (χ0v) is 14.9. The van der Waals surface area contributed by atoms with E-state index in [0.717, 1.165) is 0 Å². The fourth-order valence-corrected chi connectivity index (χ4v) is 2.80. The summed E-state index contributed by atoms with van der Waals surface area (Å²) in [5, 5.41) is 3.04. The number of carbonyl (C=O) groups is 2. The number of hydrogen-bond acceptors (Lipinski definition) is 5. The van der Waals surface area contributed by atoms with E-state index in [2.05, 4.69) is 15.3 Å². The Morgan fingerprint density at radius 3 is 2.81 bits per heavy atom. The van der Waals surface area contributed by atoms with Gasteiger partial charge in [0, 0.05) is 25.1 Å². The number of hydrogen-bond donors (Lipinski definition) is 1. The quantitative estimate of drug-likeness (QED) is 0.684. The number of amides is 2. The maximum absolute atomic E-state index is 12.8. The van der Waals surface area contributed by atoms with Crippen molar-refractivity contribution in [2.75, 3.05) is 17.3 Å². The van der Waals surface area contributed by atoms with Crippen molar-refractivity contribution in [1.82, 2.24) is 9.97 Å². The first-order valence-corrected chi connectivity index (χ1v) is 8.38. The third-order valence-electron chi connectivity index (χ3n) is 4.08. The van der Waals surface area contributed by atoms with E-state index in [1.165, 1.54) is 17.2 Å². The lowest BCUT2D eigenvalue weighted by Crippen LogP contribution is -2.25. The van der Waals surface area contributed by atoms with E-state index in [1.54, 1.807) is 49.6 Å². The second kappa shape index (κ2) is 6.69. The Morgan fingerprint density at radius 1 is 1.19 bits per heavy atom. The highest BCUT2D eigenvalue weighted by Gasteiger charge is 2.26. The van der Waals surface area contributed by atoms with Gasteiger partial charge in [0.1, 0.15) is 16.6 Å². The smallest absolute Gasteiger partial charge is 0.262 e. The highest BCUT2D eigenvalue weighted by molar-refractivity contribution is 6.29. The van der Waals surface area contributed by atoms with Crippen LogP contribution in [0.3, 0.4) is 0 Å². The number of nitrogens with zero attached hydrogens (tertiary/aromatic N) is 3. The van der Waals surface area contributed by atoms with Crippen molar-refractivity contribution in [3.05, 3.63) is 71.1 Å². The molecular weight excluding hydrogens is 368 g/mol. The van der Waals surface area contributed by atoms with Crippen molar-refractivity contribution in [1.29, 1.82) is 0 Å². The van der Waals surface area contributed by atoms with Gasteiger partial charge in [-0.3, -0.25) is 9.59 Å². The Labute approximate surface area is 159 Å². The molecule has 1 aliphatic rings. The van der Waals surface area contributed by atoms with E-state index in [-0.39, 0.29) is 11.8 Å². The number of rotatable bonds is 2. The summed E-state index contributed by atoms with van der Waals surface area (Å²) in [4.78, 5) is 34.7. The Balaban J connectivity index is 1.65. The number of halogens is 1. The molecule has 0 radical (unpaired) electrons. The van der Waals surface area contributed by atoms with Crippen molar-refractivity contribution in [3.8, 4) is 11.6 Å². The molecule has 3 aromatic rings. The Bertz CT molecular complexity index is 1050. The maximum Gasteiger partial charge on any atom is 0.262 e. The molecule has 134 valence electrons. The summed E-state index contributed by atoms with van der Waals surface area (Å²) in [6.07, 6.45) is 2.97. The molecule has 2 amide bonds. The summed E-state index contributed by atoms with van der Waals surface area (Å²) in [7, 11) is 1.64. The number of nitrogens with one attached hydrogen (secondary N) is 1. The van der Waals surface area contributed by atoms with Crippen LogP contribution in [0, 0.1) is 0 Å². The van der Waals surface area contributed by atoms with E-state index in [4.69, 9.17) is 16.3 Å². The van der Waals surface area contributed by atoms with Gasteiger partial charge in [0.2, 0.25) is 5.88 Å². The van der Waals surface area contributed by atoms with Gasteiger partial charge >= 0.3 is 0 Å². The van der Waals surface area contributed by atoms with Gasteiger partial charge in [-0.15, -0.1) is 0 Å². The number of aromatic nitrogens is 2. The summed E-state index contributed by atoms with van der Waals surface area (Å²) >= 11 is 5.74. The number of anilines is 2. The molecule has 4 rings (SSSR count). The second-order valence-electron chi connectivity index (χ2n) is 5.83. The van der Waals surface area contributed by atoms with E-state index in [9.17, 15) is 9.59 Å². The zero-order chi connectivity index (χ0) is 19.0. The van der Waals surface area contributed by atoms with E-state index >= 15 is 0 Å². The molecule has 0 saturated carbocycles. The lowest BCUT2D eigenvalue weighted by Gasteiger charge is -2.15. The van der Waals surface area contributed by atoms with Crippen LogP contribution in [-0.2, 0) is 0 Å². The molecular formula is C19H13ClN4O3. The lowest BCUT2D eigenvalue weighted by molar-refractivity contribution is 0.0990. The average Bonchev–Trinajstić information content (AvgIpc) is 2.78. The SMILES string of the molecule is CN1C(=O)c2cc(NC(=O)c3ccc(Cl)nc3)ccc2Oc2ncccc21. The molecule has 1 N–H and O–H groups in total. The summed E-state index contributed by atoms with van der Waals surface area (Å²) in [6, 6.07) is 11.4. The van der Waals surface area contributed by atoms with Crippen molar-refractivity contribution in [2.24, 2.45) is 0 Å². The van der Waals surface area contributed by atoms with Gasteiger partial charge in [0.05, 0.1) is 11.1 Å². The van der Waals surface area contributed by atoms with Gasteiger partial charge in [-0.2, -0.15) is 0 Å². The largest absolute Gasteiger partial charge is 0.436 e. The third-order valence-corrected chi connectivity index (χ3v) is 4.30. The molecule has 0 unspecified atom stereocenters. The molecule has 27 heavy (non-hydrogen) atoms. The monoisotopic (exact) mass is 380 g/mol. The van der Waals surface area contributed by atoms with Crippen LogP contribution in [-0.4, -0.2) is 28.8 Å². The van der Waals surface area contributed by atoms with Crippen LogP contribution in [0.5, 0.6) is 11.6 Å². The first kappa shape index (κ1) is 17.0. The average molecular weight is 381 g/mol. The number of benzene rings is 1. The summed E-state index contributed by atoms with van der Waals surface area (Å²) in [6.45, 7) is 0. The molecule has 2 aromatic heterocycles. The topological polar surface area (TPSA) is 84.4 Å². The van der Waals surface area contributed by atoms with Crippen molar-refractivity contribution in [3.63, 3.8) is 0 Å². The molecule has 7 nitrogen and oxygen atoms in total. The van der Waals surface area contributed by atoms with Gasteiger partial charge in [-0.05, 0) is 42.5 Å². The normalized spacial score (nSPS) is 12.5. The lowest BCUT2D eigenvalue weighted by atomic mass is 10.1. The standard InChI is InChI=1S/C19H13ClN4O3/c1-24-14-3-2-8-21-18(14)27-15-6-5-12(9-13(15)19(24)26)23-17(25)11-4-7-16(20)22-10-11/h2-10H,1H3,(H,23,25). The molecule has 0 fully saturated rings. The fourth-order valence-electron chi connectivity index (χ4n) is 2.69. The van der Waals surface area contributed by atoms with E-state index < -0.39 is 0 Å². The number of carbonyl (C=O) groups excluding carboxylic acids is 2. The number of fused-ring (bicyclic) bond motifs is 2. The zero-order valence-electron chi connectivity index (χ0n) is 14.1. The molecule has 3 heterocycles. The predicted molar refractivity (Wildman–Crippen MR) is 101 cm³/mol. The molecule has 1 aromatic carbocycles. The molecule has 8 heteroatoms. The Kier molecular flexibility index (Phi) is 4.21. The number of pyridine rings is 2. The van der Waals surface area contributed by atoms with Gasteiger partial charge in [0.15, 0.2) is 0 Å². The van der Waals surface area contributed by atoms with Crippen molar-refractivity contribution >= 4 is 34.8 Å². The first-order valence-electron chi connectivity index (χ1n) is 8.01. The Morgan fingerprint density at radius 2 is 2.04 bits per heavy atom. The van der Waals surface area contributed by atoms with E-state index in [1.807, 2.05) is 0 Å². The van der Waals surface area contributed by atoms with Gasteiger partial charge in [-0.25, -0.2) is 9.97 Å². The maximum atomic E-state index is 12.8. The molecule has 0 saturated heterocycles. The molecule has 0 spiro atoms. The van der Waals surface area contributed by atoms with Crippen LogP contribution in [0.2, 0.25) is 5.15 Å². The molecule has 1 aliphatic heterocycles. The Hall–Kier alpha value is -3.45. The molecule has 0 aliphatic carbocycles. The minimum atomic E-state index is -0.362. The van der Waals surface area contributed by atoms with Gasteiger partial charge in [-0.1, -0.05) is 11.6 Å². The molecule has 0 bridgehead atoms. The fraction of sp³-hybridized carbons (Fsp3) is 0.0526. The van der Waals surface area contributed by atoms with Gasteiger partial charge in [0.25, 0.3) is 11.8 Å². The van der Waals surface area contributed by atoms with E-state index in [0.29, 0.717) is 39.3 Å². The van der Waals surface area contributed by atoms with Crippen LogP contribution in [0.1, 0.15) is 20.7 Å². The second-order valence-corrected chi connectivity index (χ2v) is 6.22. The highest BCUT2D eigenvalue weighted by atomic mass is 35.5. The summed E-state index contributed by atoms with van der Waals surface area (Å²) < 4.78 is 5.79. The number of ether oxygens (including phenoxy) is 1. The summed E-state index contributed by atoms with van der Waals surface area (Å²) in [5.74, 6) is 0.0898. The van der Waals surface area contributed by atoms with Gasteiger partial charge < -0.3 is 15.0 Å². The predicted octanol–water partition coefficient (Wildman–Crippen LogP) is 3.76. The minimum Gasteiger partial charge on any atom is -0.436 e. The highest BCUT2D eigenvalue weighted by Crippen LogP contribution is 2.37. The van der Waals surface area contributed by atoms with Crippen LogP contribution >= 0.6 is 11.6 Å². The summed E-state index contributed by atoms with van der Waals surface area (Å²) in [5.41, 5.74) is 1.70. The third kappa shape index (κ3) is 3.20. The molecule has 0 atom stereocenters. The van der Waals surface area contributed by atoms with Crippen molar-refractivity contribution < 1.29 is 14.3 Å². The van der Waals surface area contributed by atoms with Crippen LogP contribution < -0.4 is 15.0 Å². The van der Waals surface area contributed by atoms with Crippen molar-refractivity contribution in [2.45, 2.75) is 0 Å². The first-order chi connectivity index (χ1) is 13.0. The van der Waals surface area contributed by atoms with Crippen LogP contribution in [0.15, 0.2) is 54.9 Å². The van der Waals surface area contributed by atoms with Crippen LogP contribution in [0.4, 0.5) is 11.4 Å².